The van der Waals surface area contributed by atoms with Crippen molar-refractivity contribution in [2.24, 2.45) is 0 Å². The molecule has 1 fully saturated rings. The molecule has 0 bridgehead atoms. The number of carbonyl (C=O) groups is 1. The van der Waals surface area contributed by atoms with Crippen LogP contribution in [0.3, 0.4) is 0 Å². The number of nitro groups is 1. The highest BCUT2D eigenvalue weighted by Gasteiger charge is 2.17. The third-order valence-corrected chi connectivity index (χ3v) is 3.07. The quantitative estimate of drug-likeness (QED) is 0.638. The second-order valence-corrected chi connectivity index (χ2v) is 4.80. The van der Waals surface area contributed by atoms with Crippen LogP contribution in [0.1, 0.15) is 10.4 Å². The molecule has 1 aromatic rings. The Morgan fingerprint density at radius 3 is 3.00 bits per heavy atom. The first-order chi connectivity index (χ1) is 9.56. The zero-order valence-electron chi connectivity index (χ0n) is 10.6. The van der Waals surface area contributed by atoms with Gasteiger partial charge in [0.05, 0.1) is 17.6 Å². The predicted molar refractivity (Wildman–Crippen MR) is 73.0 cm³/mol. The lowest BCUT2D eigenvalue weighted by molar-refractivity contribution is -0.384. The first kappa shape index (κ1) is 14.7. The van der Waals surface area contributed by atoms with Crippen LogP contribution in [0, 0.1) is 10.1 Å². The molecule has 1 unspecified atom stereocenters. The molecule has 108 valence electrons. The van der Waals surface area contributed by atoms with Crippen molar-refractivity contribution in [3.63, 3.8) is 0 Å². The summed E-state index contributed by atoms with van der Waals surface area (Å²) >= 11 is 5.77. The lowest BCUT2D eigenvalue weighted by Gasteiger charge is -2.23. The molecule has 1 aliphatic heterocycles. The molecule has 1 aromatic carbocycles. The van der Waals surface area contributed by atoms with Crippen LogP contribution in [0.2, 0.25) is 5.02 Å². The zero-order valence-corrected chi connectivity index (χ0v) is 11.4. The maximum absolute atomic E-state index is 11.9. The van der Waals surface area contributed by atoms with Gasteiger partial charge in [-0.1, -0.05) is 11.6 Å². The van der Waals surface area contributed by atoms with E-state index < -0.39 is 10.8 Å². The molecular formula is C12H14ClN3O4. The minimum atomic E-state index is -0.586. The number of rotatable bonds is 4. The second kappa shape index (κ2) is 6.65. The Morgan fingerprint density at radius 1 is 1.55 bits per heavy atom. The summed E-state index contributed by atoms with van der Waals surface area (Å²) in [6, 6.07) is 3.79. The van der Waals surface area contributed by atoms with Gasteiger partial charge in [0.15, 0.2) is 0 Å². The van der Waals surface area contributed by atoms with Gasteiger partial charge in [0.1, 0.15) is 0 Å². The Kier molecular flexibility index (Phi) is 4.89. The molecule has 0 aliphatic carbocycles. The van der Waals surface area contributed by atoms with Crippen LogP contribution in [0.5, 0.6) is 0 Å². The molecular weight excluding hydrogens is 286 g/mol. The molecule has 8 heteroatoms. The van der Waals surface area contributed by atoms with E-state index in [0.717, 1.165) is 6.54 Å². The van der Waals surface area contributed by atoms with Crippen LogP contribution in [0.25, 0.3) is 0 Å². The van der Waals surface area contributed by atoms with E-state index in [1.54, 1.807) is 0 Å². The lowest BCUT2D eigenvalue weighted by atomic mass is 10.2. The van der Waals surface area contributed by atoms with Crippen LogP contribution >= 0.6 is 11.6 Å². The van der Waals surface area contributed by atoms with Crippen LogP contribution in [0.4, 0.5) is 5.69 Å². The standard InChI is InChI=1S/C12H14ClN3O4/c13-9-3-8(4-10(5-9)16(18)19)12(17)15-7-11-6-14-1-2-20-11/h3-5,11,14H,1-2,6-7H2,(H,15,17). The average Bonchev–Trinajstić information content (AvgIpc) is 2.45. The highest BCUT2D eigenvalue weighted by atomic mass is 35.5. The van der Waals surface area contributed by atoms with Crippen molar-refractivity contribution >= 4 is 23.2 Å². The number of benzene rings is 1. The molecule has 1 saturated heterocycles. The number of non-ortho nitro benzene ring substituents is 1. The van der Waals surface area contributed by atoms with Crippen molar-refractivity contribution < 1.29 is 14.5 Å². The Bertz CT molecular complexity index is 517. The summed E-state index contributed by atoms with van der Waals surface area (Å²) in [4.78, 5) is 22.1. The molecule has 1 amide bonds. The number of amides is 1. The van der Waals surface area contributed by atoms with E-state index in [9.17, 15) is 14.9 Å². The van der Waals surface area contributed by atoms with Gasteiger partial charge in [-0.3, -0.25) is 14.9 Å². The van der Waals surface area contributed by atoms with Gasteiger partial charge >= 0.3 is 0 Å². The number of halogens is 1. The first-order valence-corrected chi connectivity index (χ1v) is 6.49. The molecule has 0 spiro atoms. The Labute approximate surface area is 120 Å². The zero-order chi connectivity index (χ0) is 14.5. The molecule has 1 heterocycles. The molecule has 0 saturated carbocycles. The van der Waals surface area contributed by atoms with E-state index in [2.05, 4.69) is 10.6 Å². The smallest absolute Gasteiger partial charge is 0.271 e. The van der Waals surface area contributed by atoms with Gasteiger partial charge in [-0.25, -0.2) is 0 Å². The molecule has 2 rings (SSSR count). The van der Waals surface area contributed by atoms with Gasteiger partial charge in [-0.05, 0) is 6.07 Å². The number of hydrogen-bond acceptors (Lipinski definition) is 5. The van der Waals surface area contributed by atoms with Gasteiger partial charge in [0.25, 0.3) is 11.6 Å². The van der Waals surface area contributed by atoms with Crippen molar-refractivity contribution in [3.8, 4) is 0 Å². The summed E-state index contributed by atoms with van der Waals surface area (Å²) in [5.41, 5.74) is -0.0498. The molecule has 7 nitrogen and oxygen atoms in total. The Hall–Kier alpha value is -1.70. The fourth-order valence-electron chi connectivity index (χ4n) is 1.87. The third kappa shape index (κ3) is 3.89. The largest absolute Gasteiger partial charge is 0.374 e. The monoisotopic (exact) mass is 299 g/mol. The van der Waals surface area contributed by atoms with Crippen molar-refractivity contribution in [3.05, 3.63) is 38.9 Å². The van der Waals surface area contributed by atoms with Gasteiger partial charge in [-0.2, -0.15) is 0 Å². The number of hydrogen-bond donors (Lipinski definition) is 2. The maximum atomic E-state index is 11.9. The van der Waals surface area contributed by atoms with Gasteiger partial charge in [0, 0.05) is 42.4 Å². The van der Waals surface area contributed by atoms with Crippen molar-refractivity contribution in [2.75, 3.05) is 26.2 Å². The SMILES string of the molecule is O=C(NCC1CNCCO1)c1cc(Cl)cc([N+](=O)[O-])c1. The second-order valence-electron chi connectivity index (χ2n) is 4.36. The van der Waals surface area contributed by atoms with E-state index in [0.29, 0.717) is 19.7 Å². The molecule has 1 atom stereocenters. The fraction of sp³-hybridized carbons (Fsp3) is 0.417. The normalized spacial score (nSPS) is 18.6. The third-order valence-electron chi connectivity index (χ3n) is 2.85. The molecule has 2 N–H and O–H groups in total. The van der Waals surface area contributed by atoms with E-state index in [-0.39, 0.29) is 22.4 Å². The Morgan fingerprint density at radius 2 is 2.35 bits per heavy atom. The van der Waals surface area contributed by atoms with Crippen LogP contribution in [0.15, 0.2) is 18.2 Å². The number of nitrogens with one attached hydrogen (secondary N) is 2. The summed E-state index contributed by atoms with van der Waals surface area (Å²) in [5, 5.41) is 16.7. The molecule has 0 radical (unpaired) electrons. The van der Waals surface area contributed by atoms with E-state index in [1.807, 2.05) is 0 Å². The van der Waals surface area contributed by atoms with Gasteiger partial charge in [-0.15, -0.1) is 0 Å². The van der Waals surface area contributed by atoms with Crippen molar-refractivity contribution in [1.29, 1.82) is 0 Å². The summed E-state index contributed by atoms with van der Waals surface area (Å²) in [6.45, 7) is 2.40. The number of morpholine rings is 1. The number of nitro benzene ring substituents is 1. The number of ether oxygens (including phenoxy) is 1. The summed E-state index contributed by atoms with van der Waals surface area (Å²) in [6.07, 6.45) is -0.0955. The summed E-state index contributed by atoms with van der Waals surface area (Å²) in [5.74, 6) is -0.412. The van der Waals surface area contributed by atoms with E-state index >= 15 is 0 Å². The van der Waals surface area contributed by atoms with Gasteiger partial charge in [0.2, 0.25) is 0 Å². The molecule has 1 aliphatic rings. The van der Waals surface area contributed by atoms with E-state index in [1.165, 1.54) is 18.2 Å². The number of nitrogens with zero attached hydrogens (tertiary/aromatic N) is 1. The molecule has 20 heavy (non-hydrogen) atoms. The highest BCUT2D eigenvalue weighted by Crippen LogP contribution is 2.20. The highest BCUT2D eigenvalue weighted by molar-refractivity contribution is 6.31. The van der Waals surface area contributed by atoms with Crippen LogP contribution in [-0.4, -0.2) is 43.2 Å². The Balaban J connectivity index is 1.99. The first-order valence-electron chi connectivity index (χ1n) is 6.12. The minimum Gasteiger partial charge on any atom is -0.374 e. The van der Waals surface area contributed by atoms with Crippen molar-refractivity contribution in [1.82, 2.24) is 10.6 Å². The van der Waals surface area contributed by atoms with Crippen LogP contribution in [-0.2, 0) is 4.74 Å². The lowest BCUT2D eigenvalue weighted by Crippen LogP contribution is -2.45. The number of carbonyl (C=O) groups excluding carboxylic acids is 1. The van der Waals surface area contributed by atoms with Crippen LogP contribution < -0.4 is 10.6 Å². The summed E-state index contributed by atoms with van der Waals surface area (Å²) < 4.78 is 5.44. The predicted octanol–water partition coefficient (Wildman–Crippen LogP) is 0.966. The van der Waals surface area contributed by atoms with Gasteiger partial charge < -0.3 is 15.4 Å². The minimum absolute atomic E-state index is 0.0955. The topological polar surface area (TPSA) is 93.5 Å². The summed E-state index contributed by atoms with van der Waals surface area (Å²) in [7, 11) is 0. The average molecular weight is 300 g/mol. The van der Waals surface area contributed by atoms with E-state index in [4.69, 9.17) is 16.3 Å². The van der Waals surface area contributed by atoms with Crippen molar-refractivity contribution in [2.45, 2.75) is 6.10 Å². The molecule has 0 aromatic heterocycles. The maximum Gasteiger partial charge on any atom is 0.271 e. The fourth-order valence-corrected chi connectivity index (χ4v) is 2.10.